The number of aryl methyl sites for hydroxylation is 1. The van der Waals surface area contributed by atoms with Crippen LogP contribution >= 0.6 is 0 Å². The van der Waals surface area contributed by atoms with Crippen LogP contribution in [-0.4, -0.2) is 46.5 Å². The van der Waals surface area contributed by atoms with Crippen molar-refractivity contribution in [3.63, 3.8) is 0 Å². The molecule has 1 aromatic carbocycles. The SMILES string of the molecule is CCCCNC(=O)C(c1cccc(C)c1C)N(C(=O)C(C)NC(=O)OC(C)(C)C)C(C)(C)CC. The van der Waals surface area contributed by atoms with E-state index in [4.69, 9.17) is 4.74 Å². The molecule has 2 atom stereocenters. The summed E-state index contributed by atoms with van der Waals surface area (Å²) in [6, 6.07) is 4.10. The molecule has 1 rings (SSSR count). The van der Waals surface area contributed by atoms with E-state index in [1.165, 1.54) is 0 Å². The second kappa shape index (κ2) is 12.2. The van der Waals surface area contributed by atoms with Gasteiger partial charge in [-0.3, -0.25) is 9.59 Å². The number of benzene rings is 1. The highest BCUT2D eigenvalue weighted by atomic mass is 16.6. The zero-order valence-electron chi connectivity index (χ0n) is 22.8. The smallest absolute Gasteiger partial charge is 0.408 e. The van der Waals surface area contributed by atoms with E-state index in [1.807, 2.05) is 52.8 Å². The standard InChI is InChI=1S/C27H45N3O4/c1-11-13-17-28-23(31)22(21-16-14-15-18(3)19(21)4)30(27(9,10)12-2)24(32)20(5)29-25(33)34-26(6,7)8/h14-16,20,22H,11-13,17H2,1-10H3,(H,28,31)(H,29,33). The molecule has 7 heteroatoms. The lowest BCUT2D eigenvalue weighted by molar-refractivity contribution is -0.149. The molecule has 0 bridgehead atoms. The maximum atomic E-state index is 13.9. The molecule has 192 valence electrons. The molecule has 0 saturated carbocycles. The van der Waals surface area contributed by atoms with E-state index < -0.39 is 29.3 Å². The van der Waals surface area contributed by atoms with Gasteiger partial charge in [-0.15, -0.1) is 0 Å². The minimum absolute atomic E-state index is 0.221. The third-order valence-electron chi connectivity index (χ3n) is 6.14. The fourth-order valence-corrected chi connectivity index (χ4v) is 3.65. The van der Waals surface area contributed by atoms with Gasteiger partial charge in [0.2, 0.25) is 11.8 Å². The van der Waals surface area contributed by atoms with Crippen molar-refractivity contribution in [1.29, 1.82) is 0 Å². The van der Waals surface area contributed by atoms with Crippen LogP contribution in [0.4, 0.5) is 4.79 Å². The van der Waals surface area contributed by atoms with E-state index >= 15 is 0 Å². The summed E-state index contributed by atoms with van der Waals surface area (Å²) in [5.74, 6) is -0.559. The molecular formula is C27H45N3O4. The molecule has 34 heavy (non-hydrogen) atoms. The minimum atomic E-state index is -0.878. The van der Waals surface area contributed by atoms with E-state index in [-0.39, 0.29) is 11.8 Å². The van der Waals surface area contributed by atoms with Crippen molar-refractivity contribution >= 4 is 17.9 Å². The topological polar surface area (TPSA) is 87.7 Å². The fourth-order valence-electron chi connectivity index (χ4n) is 3.65. The summed E-state index contributed by atoms with van der Waals surface area (Å²) in [5.41, 5.74) is 1.47. The van der Waals surface area contributed by atoms with Crippen LogP contribution in [0, 0.1) is 13.8 Å². The number of amides is 3. The van der Waals surface area contributed by atoms with Gasteiger partial charge in [0.15, 0.2) is 0 Å². The Hall–Kier alpha value is -2.57. The van der Waals surface area contributed by atoms with Crippen LogP contribution in [-0.2, 0) is 14.3 Å². The highest BCUT2D eigenvalue weighted by molar-refractivity contribution is 5.92. The van der Waals surface area contributed by atoms with Gasteiger partial charge >= 0.3 is 6.09 Å². The summed E-state index contributed by atoms with van der Waals surface area (Å²) >= 11 is 0. The molecule has 0 aliphatic rings. The lowest BCUT2D eigenvalue weighted by Gasteiger charge is -2.44. The van der Waals surface area contributed by atoms with Crippen LogP contribution < -0.4 is 10.6 Å². The first kappa shape index (κ1) is 29.5. The largest absolute Gasteiger partial charge is 0.444 e. The van der Waals surface area contributed by atoms with Gasteiger partial charge in [0.25, 0.3) is 0 Å². The summed E-state index contributed by atoms with van der Waals surface area (Å²) in [6.45, 7) is 19.4. The van der Waals surface area contributed by atoms with Gasteiger partial charge in [-0.05, 0) is 84.9 Å². The van der Waals surface area contributed by atoms with Crippen LogP contribution in [0.25, 0.3) is 0 Å². The number of alkyl carbamates (subject to hydrolysis) is 1. The Labute approximate surface area is 206 Å². The van der Waals surface area contributed by atoms with E-state index in [2.05, 4.69) is 17.6 Å². The highest BCUT2D eigenvalue weighted by Crippen LogP contribution is 2.34. The Morgan fingerprint density at radius 3 is 2.21 bits per heavy atom. The van der Waals surface area contributed by atoms with Crippen LogP contribution in [0.5, 0.6) is 0 Å². The Bertz CT molecular complexity index is 858. The van der Waals surface area contributed by atoms with E-state index in [9.17, 15) is 14.4 Å². The Balaban J connectivity index is 3.50. The van der Waals surface area contributed by atoms with Crippen LogP contribution in [0.15, 0.2) is 18.2 Å². The fraction of sp³-hybridized carbons (Fsp3) is 0.667. The van der Waals surface area contributed by atoms with Crippen molar-refractivity contribution in [3.8, 4) is 0 Å². The maximum absolute atomic E-state index is 13.9. The van der Waals surface area contributed by atoms with E-state index in [1.54, 1.807) is 32.6 Å². The summed E-state index contributed by atoms with van der Waals surface area (Å²) < 4.78 is 5.34. The van der Waals surface area contributed by atoms with Crippen molar-refractivity contribution in [1.82, 2.24) is 15.5 Å². The predicted molar refractivity (Wildman–Crippen MR) is 137 cm³/mol. The summed E-state index contributed by atoms with van der Waals surface area (Å²) in [5, 5.41) is 5.68. The summed E-state index contributed by atoms with van der Waals surface area (Å²) in [4.78, 5) is 41.5. The average molecular weight is 476 g/mol. The van der Waals surface area contributed by atoms with Crippen LogP contribution in [0.2, 0.25) is 0 Å². The van der Waals surface area contributed by atoms with Gasteiger partial charge in [0.05, 0.1) is 0 Å². The first-order chi connectivity index (χ1) is 15.7. The number of nitrogens with one attached hydrogen (secondary N) is 2. The molecule has 0 spiro atoms. The zero-order chi connectivity index (χ0) is 26.3. The average Bonchev–Trinajstić information content (AvgIpc) is 2.72. The van der Waals surface area contributed by atoms with Gasteiger partial charge in [0, 0.05) is 12.1 Å². The molecule has 7 nitrogen and oxygen atoms in total. The molecule has 1 aromatic rings. The van der Waals surface area contributed by atoms with Gasteiger partial charge < -0.3 is 20.3 Å². The number of carbonyl (C=O) groups is 3. The Kier molecular flexibility index (Phi) is 10.6. The second-order valence-electron chi connectivity index (χ2n) is 10.6. The van der Waals surface area contributed by atoms with Gasteiger partial charge in [0.1, 0.15) is 17.7 Å². The number of carbonyl (C=O) groups excluding carboxylic acids is 3. The zero-order valence-corrected chi connectivity index (χ0v) is 22.8. The Morgan fingerprint density at radius 1 is 1.06 bits per heavy atom. The Morgan fingerprint density at radius 2 is 1.68 bits per heavy atom. The quantitative estimate of drug-likeness (QED) is 0.456. The maximum Gasteiger partial charge on any atom is 0.408 e. The highest BCUT2D eigenvalue weighted by Gasteiger charge is 2.42. The predicted octanol–water partition coefficient (Wildman–Crippen LogP) is 5.19. The minimum Gasteiger partial charge on any atom is -0.444 e. The van der Waals surface area contributed by atoms with Crippen molar-refractivity contribution in [2.24, 2.45) is 0 Å². The summed E-state index contributed by atoms with van der Waals surface area (Å²) in [7, 11) is 0. The first-order valence-electron chi connectivity index (χ1n) is 12.3. The van der Waals surface area contributed by atoms with Crippen molar-refractivity contribution < 1.29 is 19.1 Å². The first-order valence-corrected chi connectivity index (χ1v) is 12.3. The monoisotopic (exact) mass is 475 g/mol. The molecule has 0 saturated heterocycles. The number of unbranched alkanes of at least 4 members (excludes halogenated alkanes) is 1. The number of ether oxygens (including phenoxy) is 1. The molecule has 0 radical (unpaired) electrons. The van der Waals surface area contributed by atoms with E-state index in [0.29, 0.717) is 13.0 Å². The number of nitrogens with zero attached hydrogens (tertiary/aromatic N) is 1. The van der Waals surface area contributed by atoms with Crippen LogP contribution in [0.1, 0.15) is 97.4 Å². The second-order valence-corrected chi connectivity index (χ2v) is 10.6. The molecule has 3 amide bonds. The van der Waals surface area contributed by atoms with Crippen molar-refractivity contribution in [2.75, 3.05) is 6.54 Å². The molecule has 2 N–H and O–H groups in total. The van der Waals surface area contributed by atoms with E-state index in [0.717, 1.165) is 29.5 Å². The number of rotatable bonds is 10. The number of hydrogen-bond acceptors (Lipinski definition) is 4. The summed E-state index contributed by atoms with van der Waals surface area (Å²) in [6.07, 6.45) is 1.77. The molecular weight excluding hydrogens is 430 g/mol. The molecule has 0 aliphatic carbocycles. The third-order valence-corrected chi connectivity index (χ3v) is 6.14. The van der Waals surface area contributed by atoms with Gasteiger partial charge in [-0.1, -0.05) is 38.5 Å². The normalized spacial score (nSPS) is 13.6. The third kappa shape index (κ3) is 8.03. The lowest BCUT2D eigenvalue weighted by atomic mass is 9.89. The molecule has 0 aromatic heterocycles. The van der Waals surface area contributed by atoms with Crippen LogP contribution in [0.3, 0.4) is 0 Å². The molecule has 0 heterocycles. The molecule has 0 fully saturated rings. The molecule has 0 aliphatic heterocycles. The van der Waals surface area contributed by atoms with Gasteiger partial charge in [-0.2, -0.15) is 0 Å². The molecule has 2 unspecified atom stereocenters. The number of hydrogen-bond donors (Lipinski definition) is 2. The van der Waals surface area contributed by atoms with Gasteiger partial charge in [-0.25, -0.2) is 4.79 Å². The van der Waals surface area contributed by atoms with Crippen molar-refractivity contribution in [3.05, 3.63) is 34.9 Å². The lowest BCUT2D eigenvalue weighted by Crippen LogP contribution is -2.58. The van der Waals surface area contributed by atoms with Crippen molar-refractivity contribution in [2.45, 2.75) is 112 Å².